The summed E-state index contributed by atoms with van der Waals surface area (Å²) in [6, 6.07) is 8.22. The molecule has 2 rings (SSSR count). The van der Waals surface area contributed by atoms with Crippen LogP contribution in [-0.4, -0.2) is 49.5 Å². The molecule has 6 heteroatoms. The van der Waals surface area contributed by atoms with Crippen molar-refractivity contribution in [2.45, 2.75) is 38.6 Å². The molecule has 1 aromatic rings. The molecule has 0 radical (unpaired) electrons. The van der Waals surface area contributed by atoms with Crippen LogP contribution in [0.2, 0.25) is 5.02 Å². The number of rotatable bonds is 6. The molecule has 132 valence electrons. The van der Waals surface area contributed by atoms with Crippen LogP contribution >= 0.6 is 11.6 Å². The highest BCUT2D eigenvalue weighted by atomic mass is 35.5. The fraction of sp³-hybridized carbons (Fsp3) is 0.556. The molecule has 0 aliphatic carbocycles. The minimum absolute atomic E-state index is 0.224. The molecule has 24 heavy (non-hydrogen) atoms. The van der Waals surface area contributed by atoms with Gasteiger partial charge in [0.05, 0.1) is 0 Å². The Balaban J connectivity index is 1.70. The number of guanidine groups is 1. The van der Waals surface area contributed by atoms with E-state index in [0.29, 0.717) is 6.42 Å². The van der Waals surface area contributed by atoms with Crippen LogP contribution in [0.4, 0.5) is 0 Å². The lowest BCUT2D eigenvalue weighted by Crippen LogP contribution is -2.45. The van der Waals surface area contributed by atoms with E-state index in [1.165, 1.54) is 5.56 Å². The Kier molecular flexibility index (Phi) is 7.37. The highest BCUT2D eigenvalue weighted by Crippen LogP contribution is 2.16. The number of carbonyl (C=O) groups is 1. The topological polar surface area (TPSA) is 56.7 Å². The zero-order valence-electron chi connectivity index (χ0n) is 14.5. The van der Waals surface area contributed by atoms with Crippen molar-refractivity contribution < 1.29 is 4.79 Å². The van der Waals surface area contributed by atoms with E-state index < -0.39 is 0 Å². The van der Waals surface area contributed by atoms with E-state index in [1.54, 1.807) is 7.05 Å². The lowest BCUT2D eigenvalue weighted by atomic mass is 10.1. The second-order valence-corrected chi connectivity index (χ2v) is 6.42. The molecule has 0 spiro atoms. The summed E-state index contributed by atoms with van der Waals surface area (Å²) in [4.78, 5) is 17.9. The monoisotopic (exact) mass is 350 g/mol. The molecule has 1 unspecified atom stereocenters. The van der Waals surface area contributed by atoms with E-state index in [-0.39, 0.29) is 11.9 Å². The summed E-state index contributed by atoms with van der Waals surface area (Å²) in [5, 5.41) is 7.57. The van der Waals surface area contributed by atoms with E-state index in [4.69, 9.17) is 11.6 Å². The van der Waals surface area contributed by atoms with Gasteiger partial charge < -0.3 is 15.5 Å². The number of nitrogens with zero attached hydrogens (tertiary/aromatic N) is 2. The Labute approximate surface area is 149 Å². The minimum atomic E-state index is 0.224. The number of nitrogens with one attached hydrogen (secondary N) is 2. The fourth-order valence-corrected chi connectivity index (χ4v) is 3.13. The normalized spacial score (nSPS) is 17.9. The third-order valence-corrected chi connectivity index (χ3v) is 4.65. The average molecular weight is 351 g/mol. The van der Waals surface area contributed by atoms with Crippen LogP contribution in [0, 0.1) is 0 Å². The number of aryl methyl sites for hydroxylation is 1. The number of likely N-dealkylation sites (tertiary alicyclic amines) is 1. The molecule has 2 N–H and O–H groups in total. The summed E-state index contributed by atoms with van der Waals surface area (Å²) in [5.74, 6) is 1.02. The van der Waals surface area contributed by atoms with Crippen LogP contribution < -0.4 is 10.6 Å². The summed E-state index contributed by atoms with van der Waals surface area (Å²) in [6.45, 7) is 4.32. The van der Waals surface area contributed by atoms with Gasteiger partial charge in [0.1, 0.15) is 0 Å². The maximum atomic E-state index is 11.7. The van der Waals surface area contributed by atoms with Crippen LogP contribution in [0.15, 0.2) is 29.3 Å². The van der Waals surface area contributed by atoms with Crippen LogP contribution in [0.3, 0.4) is 0 Å². The first kappa shape index (κ1) is 18.6. The Hall–Kier alpha value is -1.75. The van der Waals surface area contributed by atoms with E-state index in [0.717, 1.165) is 49.9 Å². The number of hydrogen-bond acceptors (Lipinski definition) is 2. The van der Waals surface area contributed by atoms with Crippen molar-refractivity contribution in [3.8, 4) is 0 Å². The smallest absolute Gasteiger partial charge is 0.222 e. The van der Waals surface area contributed by atoms with Gasteiger partial charge in [-0.1, -0.05) is 36.7 Å². The van der Waals surface area contributed by atoms with Gasteiger partial charge in [-0.15, -0.1) is 0 Å². The average Bonchev–Trinajstić information content (AvgIpc) is 3.06. The van der Waals surface area contributed by atoms with Crippen LogP contribution in [0.5, 0.6) is 0 Å². The van der Waals surface area contributed by atoms with Gasteiger partial charge >= 0.3 is 0 Å². The third-order valence-electron chi connectivity index (χ3n) is 4.28. The third kappa shape index (κ3) is 5.41. The summed E-state index contributed by atoms with van der Waals surface area (Å²) in [5.41, 5.74) is 1.17. The van der Waals surface area contributed by atoms with Crippen molar-refractivity contribution in [2.24, 2.45) is 4.99 Å². The number of amides is 1. The zero-order chi connectivity index (χ0) is 17.4. The van der Waals surface area contributed by atoms with Crippen molar-refractivity contribution in [3.05, 3.63) is 34.9 Å². The van der Waals surface area contributed by atoms with Gasteiger partial charge in [-0.25, -0.2) is 0 Å². The standard InChI is InChI=1S/C18H27ClN4O/c1-3-17(24)23-12-10-15(13-23)22-18(20-2)21-11-6-8-14-7-4-5-9-16(14)19/h4-5,7,9,15H,3,6,8,10-13H2,1-2H3,(H2,20,21,22). The first-order chi connectivity index (χ1) is 11.6. The van der Waals surface area contributed by atoms with Gasteiger partial charge in [0.15, 0.2) is 5.96 Å². The molecule has 0 aromatic heterocycles. The predicted molar refractivity (Wildman–Crippen MR) is 99.5 cm³/mol. The molecule has 5 nitrogen and oxygen atoms in total. The molecule has 1 aliphatic heterocycles. The highest BCUT2D eigenvalue weighted by Gasteiger charge is 2.25. The quantitative estimate of drug-likeness (QED) is 0.470. The molecule has 1 aromatic carbocycles. The number of carbonyl (C=O) groups excluding carboxylic acids is 1. The maximum Gasteiger partial charge on any atom is 0.222 e. The molecule has 1 saturated heterocycles. The molecular weight excluding hydrogens is 324 g/mol. The predicted octanol–water partition coefficient (Wildman–Crippen LogP) is 2.45. The molecule has 1 fully saturated rings. The van der Waals surface area contributed by atoms with Crippen molar-refractivity contribution >= 4 is 23.5 Å². The van der Waals surface area contributed by atoms with Crippen LogP contribution in [-0.2, 0) is 11.2 Å². The van der Waals surface area contributed by atoms with E-state index in [2.05, 4.69) is 21.7 Å². The van der Waals surface area contributed by atoms with Crippen molar-refractivity contribution in [3.63, 3.8) is 0 Å². The number of aliphatic imine (C=N–C) groups is 1. The molecule has 1 amide bonds. The highest BCUT2D eigenvalue weighted by molar-refractivity contribution is 6.31. The fourth-order valence-electron chi connectivity index (χ4n) is 2.90. The van der Waals surface area contributed by atoms with Crippen molar-refractivity contribution in [1.82, 2.24) is 15.5 Å². The Morgan fingerprint density at radius 1 is 1.42 bits per heavy atom. The Morgan fingerprint density at radius 2 is 2.21 bits per heavy atom. The molecule has 1 atom stereocenters. The molecule has 0 saturated carbocycles. The maximum absolute atomic E-state index is 11.7. The Bertz CT molecular complexity index is 576. The van der Waals surface area contributed by atoms with Crippen LogP contribution in [0.1, 0.15) is 31.7 Å². The first-order valence-electron chi connectivity index (χ1n) is 8.62. The molecule has 1 heterocycles. The molecular formula is C18H27ClN4O. The number of hydrogen-bond donors (Lipinski definition) is 2. The largest absolute Gasteiger partial charge is 0.356 e. The summed E-state index contributed by atoms with van der Waals surface area (Å²) >= 11 is 6.17. The van der Waals surface area contributed by atoms with Gasteiger partial charge in [0, 0.05) is 44.2 Å². The van der Waals surface area contributed by atoms with Crippen LogP contribution in [0.25, 0.3) is 0 Å². The van der Waals surface area contributed by atoms with Crippen molar-refractivity contribution in [1.29, 1.82) is 0 Å². The summed E-state index contributed by atoms with van der Waals surface area (Å²) in [6.07, 6.45) is 3.45. The minimum Gasteiger partial charge on any atom is -0.356 e. The second-order valence-electron chi connectivity index (χ2n) is 6.02. The summed E-state index contributed by atoms with van der Waals surface area (Å²) in [7, 11) is 1.77. The Morgan fingerprint density at radius 3 is 2.92 bits per heavy atom. The van der Waals surface area contributed by atoms with Gasteiger partial charge in [-0.3, -0.25) is 9.79 Å². The lowest BCUT2D eigenvalue weighted by Gasteiger charge is -2.18. The summed E-state index contributed by atoms with van der Waals surface area (Å²) < 4.78 is 0. The zero-order valence-corrected chi connectivity index (χ0v) is 15.3. The van der Waals surface area contributed by atoms with Crippen molar-refractivity contribution in [2.75, 3.05) is 26.7 Å². The SMILES string of the molecule is CCC(=O)N1CCC(NC(=NC)NCCCc2ccccc2Cl)C1. The van der Waals surface area contributed by atoms with Gasteiger partial charge in [-0.05, 0) is 30.9 Å². The first-order valence-corrected chi connectivity index (χ1v) is 9.00. The molecule has 1 aliphatic rings. The van der Waals surface area contributed by atoms with E-state index in [9.17, 15) is 4.79 Å². The lowest BCUT2D eigenvalue weighted by molar-refractivity contribution is -0.129. The van der Waals surface area contributed by atoms with Gasteiger partial charge in [0.2, 0.25) is 5.91 Å². The number of benzene rings is 1. The van der Waals surface area contributed by atoms with Gasteiger partial charge in [0.25, 0.3) is 0 Å². The second kappa shape index (κ2) is 9.52. The molecule has 0 bridgehead atoms. The van der Waals surface area contributed by atoms with E-state index in [1.807, 2.05) is 30.0 Å². The van der Waals surface area contributed by atoms with Gasteiger partial charge in [-0.2, -0.15) is 0 Å². The number of halogens is 1. The van der Waals surface area contributed by atoms with E-state index >= 15 is 0 Å².